The van der Waals surface area contributed by atoms with Gasteiger partial charge < -0.3 is 5.11 Å². The van der Waals surface area contributed by atoms with E-state index in [1.165, 1.54) is 17.8 Å². The van der Waals surface area contributed by atoms with Crippen molar-refractivity contribution in [2.75, 3.05) is 6.26 Å². The second-order valence-corrected chi connectivity index (χ2v) is 6.21. The van der Waals surface area contributed by atoms with Gasteiger partial charge in [-0.3, -0.25) is 0 Å². The molecule has 1 heterocycles. The average molecular weight is 359 g/mol. The Morgan fingerprint density at radius 1 is 1.21 bits per heavy atom. The molecule has 122 valence electrons. The van der Waals surface area contributed by atoms with Crippen LogP contribution in [0.3, 0.4) is 0 Å². The molecule has 0 spiro atoms. The summed E-state index contributed by atoms with van der Waals surface area (Å²) < 4.78 is 1.72. The van der Waals surface area contributed by atoms with Crippen molar-refractivity contribution in [3.05, 3.63) is 70.5 Å². The highest BCUT2D eigenvalue weighted by atomic mass is 35.5. The SMILES string of the molecule is CSc1nnc(Cc2ccccc2)n1/N=C\c1ccc(O)c(Cl)c1. The lowest BCUT2D eigenvalue weighted by Crippen LogP contribution is -2.01. The Bertz CT molecular complexity index is 864. The zero-order valence-electron chi connectivity index (χ0n) is 12.9. The van der Waals surface area contributed by atoms with Gasteiger partial charge in [0.1, 0.15) is 5.75 Å². The van der Waals surface area contributed by atoms with Crippen LogP contribution in [0.15, 0.2) is 58.8 Å². The first-order chi connectivity index (χ1) is 11.7. The summed E-state index contributed by atoms with van der Waals surface area (Å²) in [6, 6.07) is 15.0. The number of rotatable bonds is 5. The molecule has 24 heavy (non-hydrogen) atoms. The molecule has 0 amide bonds. The van der Waals surface area contributed by atoms with Gasteiger partial charge in [-0.1, -0.05) is 53.7 Å². The van der Waals surface area contributed by atoms with Crippen molar-refractivity contribution in [2.24, 2.45) is 5.10 Å². The molecule has 2 aromatic carbocycles. The van der Waals surface area contributed by atoms with Crippen LogP contribution in [-0.2, 0) is 6.42 Å². The average Bonchev–Trinajstić information content (AvgIpc) is 2.98. The molecule has 1 aromatic heterocycles. The van der Waals surface area contributed by atoms with Crippen molar-refractivity contribution in [3.8, 4) is 5.75 Å². The quantitative estimate of drug-likeness (QED) is 0.556. The topological polar surface area (TPSA) is 63.3 Å². The van der Waals surface area contributed by atoms with Gasteiger partial charge in [0.15, 0.2) is 5.82 Å². The van der Waals surface area contributed by atoms with Crippen molar-refractivity contribution in [1.29, 1.82) is 0 Å². The zero-order valence-corrected chi connectivity index (χ0v) is 14.5. The maximum atomic E-state index is 9.48. The lowest BCUT2D eigenvalue weighted by atomic mass is 10.1. The van der Waals surface area contributed by atoms with Crippen molar-refractivity contribution in [2.45, 2.75) is 11.6 Å². The zero-order chi connectivity index (χ0) is 16.9. The van der Waals surface area contributed by atoms with E-state index in [9.17, 15) is 5.11 Å². The first kappa shape index (κ1) is 16.5. The fraction of sp³-hybridized carbons (Fsp3) is 0.118. The predicted octanol–water partition coefficient (Wildman–Crippen LogP) is 3.83. The van der Waals surface area contributed by atoms with Crippen LogP contribution < -0.4 is 0 Å². The number of thioether (sulfide) groups is 1. The second-order valence-electron chi connectivity index (χ2n) is 5.03. The van der Waals surface area contributed by atoms with Gasteiger partial charge in [0, 0.05) is 6.42 Å². The van der Waals surface area contributed by atoms with Crippen molar-refractivity contribution < 1.29 is 5.11 Å². The van der Waals surface area contributed by atoms with E-state index in [0.717, 1.165) is 17.0 Å². The third-order valence-corrected chi connectivity index (χ3v) is 4.28. The first-order valence-corrected chi connectivity index (χ1v) is 8.82. The van der Waals surface area contributed by atoms with Crippen LogP contribution in [0.5, 0.6) is 5.75 Å². The first-order valence-electron chi connectivity index (χ1n) is 7.22. The maximum Gasteiger partial charge on any atom is 0.211 e. The summed E-state index contributed by atoms with van der Waals surface area (Å²) >= 11 is 7.40. The van der Waals surface area contributed by atoms with E-state index >= 15 is 0 Å². The number of phenols is 1. The molecule has 3 aromatic rings. The van der Waals surface area contributed by atoms with Gasteiger partial charge in [-0.2, -0.15) is 9.78 Å². The summed E-state index contributed by atoms with van der Waals surface area (Å²) in [4.78, 5) is 0. The molecule has 3 rings (SSSR count). The third kappa shape index (κ3) is 3.77. The number of aromatic nitrogens is 3. The fourth-order valence-electron chi connectivity index (χ4n) is 2.16. The van der Waals surface area contributed by atoms with Gasteiger partial charge in [-0.05, 0) is 35.6 Å². The molecule has 0 fully saturated rings. The molecule has 0 bridgehead atoms. The minimum absolute atomic E-state index is 0.0488. The van der Waals surface area contributed by atoms with E-state index in [-0.39, 0.29) is 10.8 Å². The molecular formula is C17H15ClN4OS. The van der Waals surface area contributed by atoms with Crippen LogP contribution in [0.25, 0.3) is 0 Å². The van der Waals surface area contributed by atoms with Gasteiger partial charge >= 0.3 is 0 Å². The van der Waals surface area contributed by atoms with Crippen LogP contribution in [0, 0.1) is 0 Å². The Morgan fingerprint density at radius 3 is 2.71 bits per heavy atom. The summed E-state index contributed by atoms with van der Waals surface area (Å²) in [6.07, 6.45) is 4.24. The molecule has 0 aliphatic carbocycles. The molecule has 5 nitrogen and oxygen atoms in total. The standard InChI is InChI=1S/C17H15ClN4OS/c1-24-17-21-20-16(10-12-5-3-2-4-6-12)22(17)19-11-13-7-8-15(23)14(18)9-13/h2-9,11,23H,10H2,1H3/b19-11-. The summed E-state index contributed by atoms with van der Waals surface area (Å²) in [5.41, 5.74) is 1.92. The molecule has 1 N–H and O–H groups in total. The van der Waals surface area contributed by atoms with Crippen molar-refractivity contribution in [1.82, 2.24) is 14.9 Å². The van der Waals surface area contributed by atoms with Gasteiger partial charge in [0.2, 0.25) is 5.16 Å². The van der Waals surface area contributed by atoms with Gasteiger partial charge in [0.05, 0.1) is 11.2 Å². The number of benzene rings is 2. The smallest absolute Gasteiger partial charge is 0.211 e. The fourth-order valence-corrected chi connectivity index (χ4v) is 2.79. The Balaban J connectivity index is 1.90. The predicted molar refractivity (Wildman–Crippen MR) is 97.2 cm³/mol. The van der Waals surface area contributed by atoms with Gasteiger partial charge in [-0.15, -0.1) is 10.2 Å². The highest BCUT2D eigenvalue weighted by Crippen LogP contribution is 2.23. The van der Waals surface area contributed by atoms with Crippen LogP contribution in [0.1, 0.15) is 17.0 Å². The lowest BCUT2D eigenvalue weighted by Gasteiger charge is -2.04. The largest absolute Gasteiger partial charge is 0.506 e. The summed E-state index contributed by atoms with van der Waals surface area (Å²) in [5, 5.41) is 23.4. The molecule has 0 unspecified atom stereocenters. The molecule has 0 atom stereocenters. The Morgan fingerprint density at radius 2 is 2.00 bits per heavy atom. The van der Waals surface area contributed by atoms with Crippen LogP contribution in [0.4, 0.5) is 0 Å². The highest BCUT2D eigenvalue weighted by molar-refractivity contribution is 7.98. The van der Waals surface area contributed by atoms with E-state index in [2.05, 4.69) is 15.3 Å². The number of hydrogen-bond donors (Lipinski definition) is 1. The second kappa shape index (κ2) is 7.51. The maximum absolute atomic E-state index is 9.48. The van der Waals surface area contributed by atoms with E-state index < -0.39 is 0 Å². The Kier molecular flexibility index (Phi) is 5.17. The molecule has 0 saturated heterocycles. The summed E-state index contributed by atoms with van der Waals surface area (Å²) in [6.45, 7) is 0. The monoisotopic (exact) mass is 358 g/mol. The van der Waals surface area contributed by atoms with E-state index in [1.54, 1.807) is 23.0 Å². The molecule has 0 radical (unpaired) electrons. The molecule has 7 heteroatoms. The highest BCUT2D eigenvalue weighted by Gasteiger charge is 2.11. The number of aromatic hydroxyl groups is 1. The van der Waals surface area contributed by atoms with Gasteiger partial charge in [-0.25, -0.2) is 0 Å². The summed E-state index contributed by atoms with van der Waals surface area (Å²) in [5.74, 6) is 0.805. The summed E-state index contributed by atoms with van der Waals surface area (Å²) in [7, 11) is 0. The normalized spacial score (nSPS) is 11.2. The van der Waals surface area contributed by atoms with Crippen molar-refractivity contribution in [3.63, 3.8) is 0 Å². The molecular weight excluding hydrogens is 344 g/mol. The number of hydrogen-bond acceptors (Lipinski definition) is 5. The number of nitrogens with zero attached hydrogens (tertiary/aromatic N) is 4. The van der Waals surface area contributed by atoms with Crippen molar-refractivity contribution >= 4 is 29.6 Å². The number of phenolic OH excluding ortho intramolecular Hbond substituents is 1. The lowest BCUT2D eigenvalue weighted by molar-refractivity contribution is 0.475. The third-order valence-electron chi connectivity index (χ3n) is 3.36. The Labute approximate surface area is 149 Å². The van der Waals surface area contributed by atoms with E-state index in [0.29, 0.717) is 11.6 Å². The van der Waals surface area contributed by atoms with Gasteiger partial charge in [0.25, 0.3) is 0 Å². The van der Waals surface area contributed by atoms with Crippen LogP contribution in [0.2, 0.25) is 5.02 Å². The van der Waals surface area contributed by atoms with Crippen LogP contribution in [-0.4, -0.2) is 32.5 Å². The van der Waals surface area contributed by atoms with E-state index in [4.69, 9.17) is 11.6 Å². The van der Waals surface area contributed by atoms with Crippen LogP contribution >= 0.6 is 23.4 Å². The Hall–Kier alpha value is -2.31. The molecule has 0 aliphatic heterocycles. The number of halogens is 1. The van der Waals surface area contributed by atoms with E-state index in [1.807, 2.05) is 36.6 Å². The molecule has 0 aliphatic rings. The minimum Gasteiger partial charge on any atom is -0.506 e. The minimum atomic E-state index is 0.0488. The molecule has 0 saturated carbocycles.